The highest BCUT2D eigenvalue weighted by molar-refractivity contribution is 4.78. The molecule has 66 valence electrons. The van der Waals surface area contributed by atoms with Crippen molar-refractivity contribution in [2.45, 2.75) is 32.7 Å². The van der Waals surface area contributed by atoms with Gasteiger partial charge in [-0.15, -0.1) is 0 Å². The lowest BCUT2D eigenvalue weighted by Gasteiger charge is -2.36. The highest BCUT2D eigenvalue weighted by atomic mass is 15.2. The van der Waals surface area contributed by atoms with E-state index in [0.29, 0.717) is 0 Å². The number of nitrogens with two attached hydrogens (primary N) is 1. The van der Waals surface area contributed by atoms with Crippen LogP contribution in [0.1, 0.15) is 26.7 Å². The average Bonchev–Trinajstić information content (AvgIpc) is 2.05. The van der Waals surface area contributed by atoms with Crippen LogP contribution in [0.5, 0.6) is 0 Å². The molecular weight excluding hydrogens is 136 g/mol. The first-order chi connectivity index (χ1) is 5.27. The van der Waals surface area contributed by atoms with E-state index in [1.807, 2.05) is 0 Å². The predicted octanol–water partition coefficient (Wildman–Crippen LogP) is 1.07. The summed E-state index contributed by atoms with van der Waals surface area (Å²) in [5.74, 6) is 0.756. The molecule has 2 nitrogen and oxygen atoms in total. The van der Waals surface area contributed by atoms with Crippen molar-refractivity contribution in [3.05, 3.63) is 0 Å². The fourth-order valence-electron chi connectivity index (χ4n) is 1.90. The Morgan fingerprint density at radius 3 is 2.73 bits per heavy atom. The van der Waals surface area contributed by atoms with Crippen molar-refractivity contribution in [3.63, 3.8) is 0 Å². The van der Waals surface area contributed by atoms with Crippen LogP contribution in [0.4, 0.5) is 0 Å². The fourth-order valence-corrected chi connectivity index (χ4v) is 1.90. The molecule has 0 bridgehead atoms. The molecule has 1 aliphatic rings. The van der Waals surface area contributed by atoms with E-state index in [4.69, 9.17) is 5.73 Å². The lowest BCUT2D eigenvalue weighted by molar-refractivity contribution is 0.128. The molecule has 2 N–H and O–H groups in total. The molecule has 0 aromatic rings. The Labute approximate surface area is 69.8 Å². The second-order valence-electron chi connectivity index (χ2n) is 3.62. The minimum Gasteiger partial charge on any atom is -0.330 e. The van der Waals surface area contributed by atoms with Gasteiger partial charge in [-0.3, -0.25) is 0 Å². The van der Waals surface area contributed by atoms with E-state index in [1.54, 1.807) is 0 Å². The van der Waals surface area contributed by atoms with Crippen LogP contribution in [0.15, 0.2) is 0 Å². The summed E-state index contributed by atoms with van der Waals surface area (Å²) >= 11 is 0. The normalized spacial score (nSPS) is 34.1. The van der Waals surface area contributed by atoms with E-state index in [1.165, 1.54) is 25.9 Å². The van der Waals surface area contributed by atoms with Gasteiger partial charge in [0.1, 0.15) is 0 Å². The number of hydrogen-bond donors (Lipinski definition) is 1. The van der Waals surface area contributed by atoms with Crippen LogP contribution in [-0.2, 0) is 0 Å². The molecule has 1 aliphatic heterocycles. The fraction of sp³-hybridized carbons (Fsp3) is 1.00. The van der Waals surface area contributed by atoms with E-state index in [9.17, 15) is 0 Å². The summed E-state index contributed by atoms with van der Waals surface area (Å²) in [6.07, 6.45) is 2.66. The smallest absolute Gasteiger partial charge is 0.00670 e. The highest BCUT2D eigenvalue weighted by Gasteiger charge is 2.22. The Kier molecular flexibility index (Phi) is 3.34. The summed E-state index contributed by atoms with van der Waals surface area (Å²) in [6.45, 7) is 7.81. The molecule has 0 spiro atoms. The summed E-state index contributed by atoms with van der Waals surface area (Å²) < 4.78 is 0. The quantitative estimate of drug-likeness (QED) is 0.648. The molecule has 11 heavy (non-hydrogen) atoms. The second kappa shape index (κ2) is 4.07. The number of rotatable bonds is 2. The van der Waals surface area contributed by atoms with Gasteiger partial charge < -0.3 is 10.6 Å². The van der Waals surface area contributed by atoms with Gasteiger partial charge in [-0.1, -0.05) is 6.92 Å². The minimum atomic E-state index is 0.756. The van der Waals surface area contributed by atoms with Crippen molar-refractivity contribution in [2.24, 2.45) is 11.7 Å². The van der Waals surface area contributed by atoms with Gasteiger partial charge in [-0.2, -0.15) is 0 Å². The molecule has 0 radical (unpaired) electrons. The number of piperidine rings is 1. The second-order valence-corrected chi connectivity index (χ2v) is 3.62. The Morgan fingerprint density at radius 1 is 1.45 bits per heavy atom. The SMILES string of the molecule is CCN1CC(CN)CCC1C. The van der Waals surface area contributed by atoms with Gasteiger partial charge >= 0.3 is 0 Å². The van der Waals surface area contributed by atoms with Crippen LogP contribution in [0.25, 0.3) is 0 Å². The van der Waals surface area contributed by atoms with Gasteiger partial charge in [0.2, 0.25) is 0 Å². The summed E-state index contributed by atoms with van der Waals surface area (Å²) in [5, 5.41) is 0. The van der Waals surface area contributed by atoms with Crippen molar-refractivity contribution >= 4 is 0 Å². The van der Waals surface area contributed by atoms with E-state index in [2.05, 4.69) is 18.7 Å². The molecule has 2 unspecified atom stereocenters. The van der Waals surface area contributed by atoms with E-state index < -0.39 is 0 Å². The third-order valence-electron chi connectivity index (χ3n) is 2.85. The molecule has 1 rings (SSSR count). The summed E-state index contributed by atoms with van der Waals surface area (Å²) in [6, 6.07) is 0.780. The van der Waals surface area contributed by atoms with Gasteiger partial charge in [0.15, 0.2) is 0 Å². The van der Waals surface area contributed by atoms with Crippen molar-refractivity contribution < 1.29 is 0 Å². The first-order valence-electron chi connectivity index (χ1n) is 4.72. The molecule has 0 aromatic carbocycles. The topological polar surface area (TPSA) is 29.3 Å². The molecule has 2 heteroatoms. The van der Waals surface area contributed by atoms with Crippen LogP contribution >= 0.6 is 0 Å². The zero-order chi connectivity index (χ0) is 8.27. The third kappa shape index (κ3) is 2.17. The first-order valence-corrected chi connectivity index (χ1v) is 4.72. The molecule has 1 heterocycles. The summed E-state index contributed by atoms with van der Waals surface area (Å²) in [4.78, 5) is 2.53. The van der Waals surface area contributed by atoms with Gasteiger partial charge in [0.05, 0.1) is 0 Å². The van der Waals surface area contributed by atoms with Gasteiger partial charge in [-0.25, -0.2) is 0 Å². The molecule has 0 saturated carbocycles. The van der Waals surface area contributed by atoms with Gasteiger partial charge in [0.25, 0.3) is 0 Å². The lowest BCUT2D eigenvalue weighted by atomic mass is 9.94. The molecule has 0 amide bonds. The largest absolute Gasteiger partial charge is 0.330 e. The Morgan fingerprint density at radius 2 is 2.18 bits per heavy atom. The maximum Gasteiger partial charge on any atom is 0.00670 e. The first kappa shape index (κ1) is 9.01. The Hall–Kier alpha value is -0.0800. The van der Waals surface area contributed by atoms with E-state index in [0.717, 1.165) is 18.5 Å². The number of likely N-dealkylation sites (tertiary alicyclic amines) is 1. The predicted molar refractivity (Wildman–Crippen MR) is 48.5 cm³/mol. The van der Waals surface area contributed by atoms with Crippen molar-refractivity contribution in [2.75, 3.05) is 19.6 Å². The van der Waals surface area contributed by atoms with Crippen LogP contribution in [0.2, 0.25) is 0 Å². The molecule has 1 saturated heterocycles. The van der Waals surface area contributed by atoms with E-state index >= 15 is 0 Å². The van der Waals surface area contributed by atoms with Crippen LogP contribution in [0, 0.1) is 5.92 Å². The highest BCUT2D eigenvalue weighted by Crippen LogP contribution is 2.20. The monoisotopic (exact) mass is 156 g/mol. The van der Waals surface area contributed by atoms with Crippen LogP contribution in [0.3, 0.4) is 0 Å². The standard InChI is InChI=1S/C9H20N2/c1-3-11-7-9(6-10)5-4-8(11)2/h8-9H,3-7,10H2,1-2H3. The molecular formula is C9H20N2. The van der Waals surface area contributed by atoms with Crippen molar-refractivity contribution in [1.29, 1.82) is 0 Å². The summed E-state index contributed by atoms with van der Waals surface area (Å²) in [5.41, 5.74) is 5.64. The maximum atomic E-state index is 5.64. The van der Waals surface area contributed by atoms with Gasteiger partial charge in [-0.05, 0) is 38.8 Å². The zero-order valence-electron chi connectivity index (χ0n) is 7.71. The van der Waals surface area contributed by atoms with Gasteiger partial charge in [0, 0.05) is 12.6 Å². The third-order valence-corrected chi connectivity index (χ3v) is 2.85. The Bertz CT molecular complexity index is 114. The number of nitrogens with zero attached hydrogens (tertiary/aromatic N) is 1. The lowest BCUT2D eigenvalue weighted by Crippen LogP contribution is -2.43. The summed E-state index contributed by atoms with van der Waals surface area (Å²) in [7, 11) is 0. The average molecular weight is 156 g/mol. The molecule has 0 aliphatic carbocycles. The van der Waals surface area contributed by atoms with E-state index in [-0.39, 0.29) is 0 Å². The molecule has 2 atom stereocenters. The number of hydrogen-bond acceptors (Lipinski definition) is 2. The zero-order valence-corrected chi connectivity index (χ0v) is 7.71. The Balaban J connectivity index is 2.37. The van der Waals surface area contributed by atoms with Crippen LogP contribution in [-0.4, -0.2) is 30.6 Å². The van der Waals surface area contributed by atoms with Crippen LogP contribution < -0.4 is 5.73 Å². The molecule has 0 aromatic heterocycles. The molecule has 1 fully saturated rings. The maximum absolute atomic E-state index is 5.64. The van der Waals surface area contributed by atoms with Crippen molar-refractivity contribution in [1.82, 2.24) is 4.90 Å². The van der Waals surface area contributed by atoms with Crippen molar-refractivity contribution in [3.8, 4) is 0 Å². The minimum absolute atomic E-state index is 0.756.